The lowest BCUT2D eigenvalue weighted by Crippen LogP contribution is -2.52. The van der Waals surface area contributed by atoms with E-state index in [0.29, 0.717) is 11.5 Å². The fraction of sp³-hybridized carbons (Fsp3) is 0.562. The van der Waals surface area contributed by atoms with Crippen LogP contribution in [0.1, 0.15) is 43.0 Å². The summed E-state index contributed by atoms with van der Waals surface area (Å²) in [6, 6.07) is 5.42. The van der Waals surface area contributed by atoms with E-state index >= 15 is 0 Å². The van der Waals surface area contributed by atoms with E-state index in [1.54, 1.807) is 13.2 Å². The zero-order valence-electron chi connectivity index (χ0n) is 12.4. The minimum absolute atomic E-state index is 0.0214. The molecular weight excluding hydrogens is 398 g/mol. The fourth-order valence-electron chi connectivity index (χ4n) is 3.05. The van der Waals surface area contributed by atoms with Crippen LogP contribution in [0, 0.1) is 5.92 Å². The van der Waals surface area contributed by atoms with E-state index in [9.17, 15) is 4.79 Å². The number of rotatable bonds is 4. The summed E-state index contributed by atoms with van der Waals surface area (Å²) in [4.78, 5) is 12.5. The van der Waals surface area contributed by atoms with Gasteiger partial charge in [-0.05, 0) is 52.9 Å². The van der Waals surface area contributed by atoms with Gasteiger partial charge >= 0.3 is 0 Å². The van der Waals surface area contributed by atoms with E-state index in [4.69, 9.17) is 4.74 Å². The molecule has 5 heteroatoms. The van der Waals surface area contributed by atoms with Gasteiger partial charge in [-0.15, -0.1) is 0 Å². The van der Waals surface area contributed by atoms with Crippen LogP contribution in [0.5, 0.6) is 5.75 Å². The first-order valence-corrected chi connectivity index (χ1v) is 9.13. The zero-order chi connectivity index (χ0) is 15.5. The number of alkyl halides is 1. The third kappa shape index (κ3) is 4.01. The fourth-order valence-corrected chi connectivity index (χ4v) is 4.24. The Kier molecular flexibility index (Phi) is 5.72. The van der Waals surface area contributed by atoms with Crippen LogP contribution in [-0.2, 0) is 0 Å². The molecule has 0 bridgehead atoms. The third-order valence-electron chi connectivity index (χ3n) is 4.14. The summed E-state index contributed by atoms with van der Waals surface area (Å²) in [5, 5.41) is 4.05. The van der Waals surface area contributed by atoms with Gasteiger partial charge in [-0.3, -0.25) is 4.79 Å². The maximum absolute atomic E-state index is 12.5. The van der Waals surface area contributed by atoms with Gasteiger partial charge in [0.2, 0.25) is 0 Å². The summed E-state index contributed by atoms with van der Waals surface area (Å²) in [6.45, 7) is 2.26. The molecule has 0 spiro atoms. The van der Waals surface area contributed by atoms with Gasteiger partial charge in [0.05, 0.1) is 17.1 Å². The molecule has 21 heavy (non-hydrogen) atoms. The minimum atomic E-state index is -0.124. The van der Waals surface area contributed by atoms with Crippen LogP contribution in [0.3, 0.4) is 0 Å². The average Bonchev–Trinajstić information content (AvgIpc) is 2.47. The van der Waals surface area contributed by atoms with Gasteiger partial charge in [-0.2, -0.15) is 0 Å². The second kappa shape index (κ2) is 7.14. The first kappa shape index (κ1) is 16.8. The van der Waals surface area contributed by atoms with Crippen molar-refractivity contribution in [3.8, 4) is 5.75 Å². The number of hydrogen-bond acceptors (Lipinski definition) is 2. The lowest BCUT2D eigenvalue weighted by molar-refractivity contribution is 0.0869. The molecular formula is C16H21Br2NO2. The molecule has 0 heterocycles. The molecule has 116 valence electrons. The predicted octanol–water partition coefficient (Wildman–Crippen LogP) is 4.53. The van der Waals surface area contributed by atoms with E-state index < -0.39 is 0 Å². The number of carbonyl (C=O) groups excluding carboxylic acids is 1. The molecule has 1 aromatic carbocycles. The highest BCUT2D eigenvalue weighted by atomic mass is 79.9. The van der Waals surface area contributed by atoms with Crippen LogP contribution in [-0.4, -0.2) is 23.9 Å². The SMILES string of the molecule is COc1ccc(C(=O)NC2(CBr)CCCC(C)C2)cc1Br. The van der Waals surface area contributed by atoms with E-state index in [-0.39, 0.29) is 11.4 Å². The van der Waals surface area contributed by atoms with Gasteiger partial charge in [-0.25, -0.2) is 0 Å². The zero-order valence-corrected chi connectivity index (χ0v) is 15.6. The Bertz CT molecular complexity index is 521. The molecule has 2 rings (SSSR count). The van der Waals surface area contributed by atoms with Gasteiger partial charge in [0.15, 0.2) is 0 Å². The normalized spacial score (nSPS) is 25.4. The number of amides is 1. The highest BCUT2D eigenvalue weighted by Crippen LogP contribution is 2.34. The smallest absolute Gasteiger partial charge is 0.251 e. The van der Waals surface area contributed by atoms with Crippen LogP contribution >= 0.6 is 31.9 Å². The van der Waals surface area contributed by atoms with Crippen LogP contribution < -0.4 is 10.1 Å². The number of carbonyl (C=O) groups is 1. The maximum atomic E-state index is 12.5. The third-order valence-corrected chi connectivity index (χ3v) is 5.83. The van der Waals surface area contributed by atoms with Crippen molar-refractivity contribution in [1.29, 1.82) is 0 Å². The van der Waals surface area contributed by atoms with Crippen molar-refractivity contribution in [2.75, 3.05) is 12.4 Å². The Morgan fingerprint density at radius 1 is 1.52 bits per heavy atom. The molecule has 2 atom stereocenters. The van der Waals surface area contributed by atoms with Crippen molar-refractivity contribution >= 4 is 37.8 Å². The molecule has 0 radical (unpaired) electrons. The Hall–Kier alpha value is -0.550. The largest absolute Gasteiger partial charge is 0.496 e. The monoisotopic (exact) mass is 417 g/mol. The highest BCUT2D eigenvalue weighted by Gasteiger charge is 2.35. The first-order chi connectivity index (χ1) is 9.99. The average molecular weight is 419 g/mol. The quantitative estimate of drug-likeness (QED) is 0.729. The molecule has 1 N–H and O–H groups in total. The summed E-state index contributed by atoms with van der Waals surface area (Å²) < 4.78 is 5.99. The topological polar surface area (TPSA) is 38.3 Å². The molecule has 1 fully saturated rings. The van der Waals surface area contributed by atoms with Gasteiger partial charge in [-0.1, -0.05) is 35.7 Å². The Labute approximate surface area is 143 Å². The second-order valence-electron chi connectivity index (χ2n) is 5.92. The molecule has 0 aliphatic heterocycles. The number of halogens is 2. The van der Waals surface area contributed by atoms with Gasteiger partial charge in [0, 0.05) is 10.9 Å². The minimum Gasteiger partial charge on any atom is -0.496 e. The van der Waals surface area contributed by atoms with Crippen LogP contribution in [0.25, 0.3) is 0 Å². The molecule has 1 amide bonds. The van der Waals surface area contributed by atoms with E-state index in [0.717, 1.165) is 28.4 Å². The van der Waals surface area contributed by atoms with Crippen molar-refractivity contribution in [1.82, 2.24) is 5.32 Å². The summed E-state index contributed by atoms with van der Waals surface area (Å²) >= 11 is 7.02. The second-order valence-corrected chi connectivity index (χ2v) is 7.33. The summed E-state index contributed by atoms with van der Waals surface area (Å²) in [7, 11) is 1.61. The van der Waals surface area contributed by atoms with Crippen molar-refractivity contribution in [2.24, 2.45) is 5.92 Å². The molecule has 1 aliphatic rings. The van der Waals surface area contributed by atoms with E-state index in [1.807, 2.05) is 12.1 Å². The van der Waals surface area contributed by atoms with Crippen LogP contribution in [0.2, 0.25) is 0 Å². The number of nitrogens with one attached hydrogen (secondary N) is 1. The molecule has 0 aromatic heterocycles. The molecule has 1 saturated carbocycles. The Morgan fingerprint density at radius 3 is 2.86 bits per heavy atom. The van der Waals surface area contributed by atoms with Crippen LogP contribution in [0.15, 0.2) is 22.7 Å². The maximum Gasteiger partial charge on any atom is 0.251 e. The number of benzene rings is 1. The lowest BCUT2D eigenvalue weighted by atomic mass is 9.77. The highest BCUT2D eigenvalue weighted by molar-refractivity contribution is 9.10. The number of methoxy groups -OCH3 is 1. The molecule has 1 aliphatic carbocycles. The Morgan fingerprint density at radius 2 is 2.29 bits per heavy atom. The molecule has 2 unspecified atom stereocenters. The van der Waals surface area contributed by atoms with Gasteiger partial charge in [0.25, 0.3) is 5.91 Å². The molecule has 3 nitrogen and oxygen atoms in total. The number of ether oxygens (including phenoxy) is 1. The lowest BCUT2D eigenvalue weighted by Gasteiger charge is -2.39. The predicted molar refractivity (Wildman–Crippen MR) is 92.3 cm³/mol. The van der Waals surface area contributed by atoms with Crippen molar-refractivity contribution in [3.63, 3.8) is 0 Å². The van der Waals surface area contributed by atoms with Gasteiger partial charge < -0.3 is 10.1 Å². The standard InChI is InChI=1S/C16H21Br2NO2/c1-11-4-3-7-16(9-11,10-17)19-15(20)12-5-6-14(21-2)13(18)8-12/h5-6,8,11H,3-4,7,9-10H2,1-2H3,(H,19,20). The van der Waals surface area contributed by atoms with E-state index in [1.165, 1.54) is 12.8 Å². The van der Waals surface area contributed by atoms with E-state index in [2.05, 4.69) is 44.1 Å². The van der Waals surface area contributed by atoms with Crippen molar-refractivity contribution in [3.05, 3.63) is 28.2 Å². The molecule has 0 saturated heterocycles. The first-order valence-electron chi connectivity index (χ1n) is 7.22. The Balaban J connectivity index is 2.14. The van der Waals surface area contributed by atoms with Crippen LogP contribution in [0.4, 0.5) is 0 Å². The van der Waals surface area contributed by atoms with Crippen molar-refractivity contribution < 1.29 is 9.53 Å². The molecule has 1 aromatic rings. The van der Waals surface area contributed by atoms with Crippen molar-refractivity contribution in [2.45, 2.75) is 38.1 Å². The summed E-state index contributed by atoms with van der Waals surface area (Å²) in [6.07, 6.45) is 4.48. The number of hydrogen-bond donors (Lipinski definition) is 1. The summed E-state index contributed by atoms with van der Waals surface area (Å²) in [5.41, 5.74) is 0.530. The summed E-state index contributed by atoms with van der Waals surface area (Å²) in [5.74, 6) is 1.36. The van der Waals surface area contributed by atoms with Gasteiger partial charge in [0.1, 0.15) is 5.75 Å².